The molecule has 2 heterocycles. The molecule has 2 atom stereocenters. The van der Waals surface area contributed by atoms with Crippen LogP contribution in [0, 0.1) is 6.92 Å². The first-order valence-electron chi connectivity index (χ1n) is 6.46. The molecule has 106 valence electrons. The first kappa shape index (κ1) is 14.0. The van der Waals surface area contributed by atoms with Crippen LogP contribution in [0.1, 0.15) is 25.6 Å². The number of ether oxygens (including phenoxy) is 1. The van der Waals surface area contributed by atoms with Gasteiger partial charge in [-0.25, -0.2) is 0 Å². The topological polar surface area (TPSA) is 80.5 Å². The molecule has 0 unspecified atom stereocenters. The average Bonchev–Trinajstić information content (AvgIpc) is 2.71. The second kappa shape index (κ2) is 6.12. The fourth-order valence-corrected chi connectivity index (χ4v) is 2.26. The number of aromatic nitrogens is 2. The van der Waals surface area contributed by atoms with E-state index in [2.05, 4.69) is 20.4 Å². The Morgan fingerprint density at radius 1 is 1.37 bits per heavy atom. The number of nitrogens with zero attached hydrogens (tertiary/aromatic N) is 3. The van der Waals surface area contributed by atoms with Crippen molar-refractivity contribution in [3.8, 4) is 0 Å². The number of morpholine rings is 1. The van der Waals surface area contributed by atoms with Crippen LogP contribution in [0.5, 0.6) is 0 Å². The second-order valence-electron chi connectivity index (χ2n) is 4.94. The highest BCUT2D eigenvalue weighted by molar-refractivity contribution is 5.77. The summed E-state index contributed by atoms with van der Waals surface area (Å²) in [5, 5.41) is 10.3. The van der Waals surface area contributed by atoms with Crippen LogP contribution < -0.4 is 5.32 Å². The van der Waals surface area contributed by atoms with E-state index >= 15 is 0 Å². The van der Waals surface area contributed by atoms with Crippen molar-refractivity contribution < 1.29 is 13.9 Å². The van der Waals surface area contributed by atoms with E-state index in [4.69, 9.17) is 9.15 Å². The molecule has 0 aromatic carbocycles. The van der Waals surface area contributed by atoms with E-state index < -0.39 is 0 Å². The number of aryl methyl sites for hydroxylation is 1. The van der Waals surface area contributed by atoms with Gasteiger partial charge in [0.05, 0.1) is 25.3 Å². The Balaban J connectivity index is 1.74. The van der Waals surface area contributed by atoms with E-state index in [0.717, 1.165) is 13.1 Å². The Morgan fingerprint density at radius 3 is 2.63 bits per heavy atom. The molecule has 2 rings (SSSR count). The van der Waals surface area contributed by atoms with Crippen LogP contribution in [0.3, 0.4) is 0 Å². The third kappa shape index (κ3) is 4.29. The van der Waals surface area contributed by atoms with Crippen molar-refractivity contribution in [1.82, 2.24) is 20.4 Å². The number of nitrogens with one attached hydrogen (secondary N) is 1. The molecule has 1 N–H and O–H groups in total. The van der Waals surface area contributed by atoms with Crippen LogP contribution in [0.2, 0.25) is 0 Å². The predicted molar refractivity (Wildman–Crippen MR) is 67.3 cm³/mol. The Hall–Kier alpha value is -1.47. The minimum atomic E-state index is -0.0443. The lowest BCUT2D eigenvalue weighted by molar-refractivity contribution is -0.126. The van der Waals surface area contributed by atoms with Crippen molar-refractivity contribution in [3.05, 3.63) is 11.8 Å². The van der Waals surface area contributed by atoms with E-state index in [1.54, 1.807) is 6.92 Å². The molecular formula is C12H20N4O3. The van der Waals surface area contributed by atoms with Gasteiger partial charge in [-0.15, -0.1) is 10.2 Å². The van der Waals surface area contributed by atoms with Gasteiger partial charge in [0.1, 0.15) is 0 Å². The minimum Gasteiger partial charge on any atom is -0.424 e. The van der Waals surface area contributed by atoms with Gasteiger partial charge in [-0.2, -0.15) is 0 Å². The van der Waals surface area contributed by atoms with Crippen LogP contribution in [-0.2, 0) is 16.1 Å². The molecule has 7 heteroatoms. The summed E-state index contributed by atoms with van der Waals surface area (Å²) >= 11 is 0. The molecule has 1 aliphatic rings. The molecule has 1 aromatic heterocycles. The van der Waals surface area contributed by atoms with Gasteiger partial charge >= 0.3 is 0 Å². The first-order chi connectivity index (χ1) is 9.02. The van der Waals surface area contributed by atoms with Crippen molar-refractivity contribution >= 4 is 5.91 Å². The monoisotopic (exact) mass is 268 g/mol. The molecule has 0 bridgehead atoms. The van der Waals surface area contributed by atoms with Crippen molar-refractivity contribution in [2.45, 2.75) is 39.5 Å². The lowest BCUT2D eigenvalue weighted by atomic mass is 10.2. The van der Waals surface area contributed by atoms with Gasteiger partial charge in [0, 0.05) is 20.0 Å². The maximum atomic E-state index is 11.8. The van der Waals surface area contributed by atoms with Crippen molar-refractivity contribution in [2.24, 2.45) is 0 Å². The van der Waals surface area contributed by atoms with Gasteiger partial charge in [0.2, 0.25) is 17.7 Å². The van der Waals surface area contributed by atoms with Gasteiger partial charge in [-0.1, -0.05) is 0 Å². The summed E-state index contributed by atoms with van der Waals surface area (Å²) in [5.74, 6) is 0.881. The zero-order chi connectivity index (χ0) is 13.8. The molecule has 1 saturated heterocycles. The molecule has 1 amide bonds. The number of carbonyl (C=O) groups excluding carboxylic acids is 1. The van der Waals surface area contributed by atoms with E-state index in [1.807, 2.05) is 13.8 Å². The van der Waals surface area contributed by atoms with Gasteiger partial charge < -0.3 is 14.5 Å². The fraction of sp³-hybridized carbons (Fsp3) is 0.750. The van der Waals surface area contributed by atoms with Crippen LogP contribution in [-0.4, -0.2) is 52.8 Å². The Bertz CT molecular complexity index is 424. The van der Waals surface area contributed by atoms with Crippen molar-refractivity contribution in [2.75, 3.05) is 19.6 Å². The normalized spacial score (nSPS) is 24.4. The lowest BCUT2D eigenvalue weighted by Crippen LogP contribution is -2.49. The lowest BCUT2D eigenvalue weighted by Gasteiger charge is -2.34. The van der Waals surface area contributed by atoms with E-state index in [1.165, 1.54) is 0 Å². The molecule has 19 heavy (non-hydrogen) atoms. The Labute approximate surface area is 112 Å². The molecule has 1 aromatic rings. The number of hydrogen-bond acceptors (Lipinski definition) is 6. The number of carbonyl (C=O) groups is 1. The zero-order valence-electron chi connectivity index (χ0n) is 11.5. The summed E-state index contributed by atoms with van der Waals surface area (Å²) in [4.78, 5) is 13.9. The molecular weight excluding hydrogens is 248 g/mol. The Kier molecular flexibility index (Phi) is 4.49. The summed E-state index contributed by atoms with van der Waals surface area (Å²) in [6, 6.07) is 0. The molecule has 7 nitrogen and oxygen atoms in total. The standard InChI is InChI=1S/C12H20N4O3/c1-8-5-16(6-9(2)18-8)7-11(17)13-4-12-15-14-10(3)19-12/h8-9H,4-7H2,1-3H3,(H,13,17)/t8-,9+. The highest BCUT2D eigenvalue weighted by atomic mass is 16.5. The van der Waals surface area contributed by atoms with Crippen molar-refractivity contribution in [3.63, 3.8) is 0 Å². The summed E-state index contributed by atoms with van der Waals surface area (Å²) in [6.45, 7) is 7.94. The third-order valence-corrected chi connectivity index (χ3v) is 2.87. The van der Waals surface area contributed by atoms with Crippen molar-refractivity contribution in [1.29, 1.82) is 0 Å². The molecule has 0 aliphatic carbocycles. The minimum absolute atomic E-state index is 0.0443. The molecule has 0 radical (unpaired) electrons. The van der Waals surface area contributed by atoms with Crippen LogP contribution in [0.25, 0.3) is 0 Å². The summed E-state index contributed by atoms with van der Waals surface area (Å²) in [7, 11) is 0. The molecule has 0 spiro atoms. The van der Waals surface area contributed by atoms with E-state index in [0.29, 0.717) is 18.3 Å². The number of amides is 1. The van der Waals surface area contributed by atoms with Gasteiger partial charge in [-0.3, -0.25) is 9.69 Å². The van der Waals surface area contributed by atoms with E-state index in [9.17, 15) is 4.79 Å². The maximum absolute atomic E-state index is 11.8. The summed E-state index contributed by atoms with van der Waals surface area (Å²) < 4.78 is 10.8. The zero-order valence-corrected chi connectivity index (χ0v) is 11.5. The predicted octanol–water partition coefficient (Wildman–Crippen LogP) is 0.103. The first-order valence-corrected chi connectivity index (χ1v) is 6.46. The quantitative estimate of drug-likeness (QED) is 0.834. The van der Waals surface area contributed by atoms with Crippen LogP contribution in [0.15, 0.2) is 4.42 Å². The molecule has 0 saturated carbocycles. The van der Waals surface area contributed by atoms with E-state index in [-0.39, 0.29) is 24.7 Å². The van der Waals surface area contributed by atoms with Crippen LogP contribution in [0.4, 0.5) is 0 Å². The molecule has 1 aliphatic heterocycles. The van der Waals surface area contributed by atoms with Gasteiger partial charge in [-0.05, 0) is 13.8 Å². The smallest absolute Gasteiger partial charge is 0.235 e. The summed E-state index contributed by atoms with van der Waals surface area (Å²) in [5.41, 5.74) is 0. The van der Waals surface area contributed by atoms with Crippen LogP contribution >= 0.6 is 0 Å². The second-order valence-corrected chi connectivity index (χ2v) is 4.94. The van der Waals surface area contributed by atoms with Gasteiger partial charge in [0.15, 0.2) is 0 Å². The van der Waals surface area contributed by atoms with Gasteiger partial charge in [0.25, 0.3) is 0 Å². The third-order valence-electron chi connectivity index (χ3n) is 2.87. The summed E-state index contributed by atoms with van der Waals surface area (Å²) in [6.07, 6.45) is 0.324. The highest BCUT2D eigenvalue weighted by Gasteiger charge is 2.23. The fourth-order valence-electron chi connectivity index (χ4n) is 2.26. The highest BCUT2D eigenvalue weighted by Crippen LogP contribution is 2.09. The maximum Gasteiger partial charge on any atom is 0.235 e. The number of rotatable bonds is 4. The molecule has 1 fully saturated rings. The SMILES string of the molecule is Cc1nnc(CNC(=O)CN2C[C@@H](C)O[C@@H](C)C2)o1. The average molecular weight is 268 g/mol. The number of hydrogen-bond donors (Lipinski definition) is 1. The Morgan fingerprint density at radius 2 is 2.05 bits per heavy atom. The largest absolute Gasteiger partial charge is 0.424 e.